The lowest BCUT2D eigenvalue weighted by Gasteiger charge is -2.42. The number of hydrogen-bond donors (Lipinski definition) is 0. The van der Waals surface area contributed by atoms with Crippen molar-refractivity contribution in [3.8, 4) is 114 Å². The summed E-state index contributed by atoms with van der Waals surface area (Å²) in [5, 5.41) is 36.8. The van der Waals surface area contributed by atoms with E-state index in [1.165, 1.54) is 90.0 Å². The molecular weight excluding hydrogens is 1750 g/mol. The molecule has 0 atom stereocenters. The van der Waals surface area contributed by atoms with Crippen LogP contribution in [0.3, 0.4) is 0 Å². The Morgan fingerprint density at radius 1 is 0.201 bits per heavy atom. The van der Waals surface area contributed by atoms with Gasteiger partial charge in [-0.1, -0.05) is 353 Å². The first kappa shape index (κ1) is 91.7. The molecule has 0 unspecified atom stereocenters. The zero-order valence-electron chi connectivity index (χ0n) is 81.2. The van der Waals surface area contributed by atoms with E-state index in [2.05, 4.69) is 495 Å². The van der Waals surface area contributed by atoms with Crippen molar-refractivity contribution in [3.63, 3.8) is 0 Å². The van der Waals surface area contributed by atoms with Crippen LogP contribution in [0.2, 0.25) is 0 Å². The summed E-state index contributed by atoms with van der Waals surface area (Å²) in [5.74, 6) is 0. The summed E-state index contributed by atoms with van der Waals surface area (Å²) in [7, 11) is 0. The molecule has 0 N–H and O–H groups in total. The van der Waals surface area contributed by atoms with Crippen molar-refractivity contribution in [2.24, 2.45) is 0 Å². The topological polar surface area (TPSA) is 160 Å². The lowest BCUT2D eigenvalue weighted by molar-refractivity contribution is 0.632. The second-order valence-electron chi connectivity index (χ2n) is 38.6. The van der Waals surface area contributed by atoms with E-state index in [4.69, 9.17) is 10.5 Å². The largest absolute Gasteiger partial charge is 0.310 e. The standard InChI is InChI=1S/4C33H25N3/c1-33(2)28-12-3-5-15-31(28)36(32-16-6-4-13-29(32)33)27-11-7-9-25(21-27)23-17-19-24(20-18-23)30-14-8-10-26(22-34)35-30;1-33(2)28-12-3-5-14-30(28)36(31-15-6-4-13-29(31)33)27-11-7-9-25(21-27)23-16-18-24(19-17-23)32-26(22-34)10-8-20-35-32;1-33(2)28-10-3-5-12-31(28)36(32-13-6-4-11-29(32)33)27-9-7-8-26(20-27)24-15-17-25(18-16-24)30-19-14-23(21-34)22-35-30;1-33(2)28-10-3-5-12-31(28)36(32-13-6-4-11-29(32)33)27-9-7-8-26(21-27)24-14-16-25(17-15-24)30-20-23(22-34)18-19-35-30/h2*3-21H,1-2H3;3-20,22H,1-2H3;3-21H,1-2H3. The second-order valence-corrected chi connectivity index (χ2v) is 38.6. The maximum Gasteiger partial charge on any atom is 0.141 e. The Hall–Kier alpha value is -18.7. The number of pyridine rings is 4. The van der Waals surface area contributed by atoms with Gasteiger partial charge >= 0.3 is 0 Å². The van der Waals surface area contributed by atoms with Crippen LogP contribution in [0.25, 0.3) is 89.5 Å². The molecule has 0 saturated carbocycles. The summed E-state index contributed by atoms with van der Waals surface area (Å²) in [6.07, 6.45) is 5.02. The normalized spacial score (nSPS) is 13.4. The Balaban J connectivity index is 0.000000113. The molecule has 0 spiro atoms. The van der Waals surface area contributed by atoms with Crippen LogP contribution in [0.15, 0.2) is 461 Å². The van der Waals surface area contributed by atoms with Crippen molar-refractivity contribution >= 4 is 68.2 Å². The molecule has 0 bridgehead atoms. The molecule has 12 nitrogen and oxygen atoms in total. The summed E-state index contributed by atoms with van der Waals surface area (Å²) in [6.45, 7) is 18.5. The molecule has 24 rings (SSSR count). The molecule has 0 radical (unpaired) electrons. The summed E-state index contributed by atoms with van der Waals surface area (Å²) in [4.78, 5) is 27.2. The molecule has 4 aliphatic heterocycles. The van der Waals surface area contributed by atoms with E-state index >= 15 is 0 Å². The van der Waals surface area contributed by atoms with Crippen molar-refractivity contribution in [3.05, 3.63) is 528 Å². The number of benzene rings is 16. The third kappa shape index (κ3) is 17.3. The Bertz CT molecular complexity index is 8010. The Morgan fingerprint density at radius 3 is 0.806 bits per heavy atom. The van der Waals surface area contributed by atoms with E-state index < -0.39 is 0 Å². The smallest absolute Gasteiger partial charge is 0.141 e. The summed E-state index contributed by atoms with van der Waals surface area (Å²) in [6, 6.07) is 163. The lowest BCUT2D eigenvalue weighted by Crippen LogP contribution is -2.30. The fourth-order valence-corrected chi connectivity index (χ4v) is 21.1. The highest BCUT2D eigenvalue weighted by Crippen LogP contribution is 2.58. The fraction of sp³-hybridized carbons (Fsp3) is 0.0909. The summed E-state index contributed by atoms with van der Waals surface area (Å²) >= 11 is 0. The summed E-state index contributed by atoms with van der Waals surface area (Å²) < 4.78 is 0. The molecule has 8 heterocycles. The van der Waals surface area contributed by atoms with Crippen molar-refractivity contribution in [1.82, 2.24) is 19.9 Å². The van der Waals surface area contributed by atoms with Gasteiger partial charge in [0, 0.05) is 85.3 Å². The van der Waals surface area contributed by atoms with Crippen LogP contribution in [0.5, 0.6) is 0 Å². The lowest BCUT2D eigenvalue weighted by atomic mass is 9.73. The number of para-hydroxylation sites is 8. The van der Waals surface area contributed by atoms with E-state index in [0.29, 0.717) is 28.1 Å². The molecule has 0 fully saturated rings. The predicted molar refractivity (Wildman–Crippen MR) is 587 cm³/mol. The SMILES string of the molecule is CC1(C)c2ccccc2N(c2cccc(-c3ccc(-c4cc(C#N)ccn4)cc3)c2)c2ccccc21.CC1(C)c2ccccc2N(c2cccc(-c3ccc(-c4ccc(C#N)cn4)cc3)c2)c2ccccc21.CC1(C)c2ccccc2N(c2cccc(-c3ccc(-c4cccc(C#N)n4)cc3)c2)c2ccccc21.CC1(C)c2ccccc2N(c2cccc(-c3ccc(-c4ncccc4C#N)cc3)c2)c2ccccc21. The average Bonchev–Trinajstić information content (AvgIpc) is 0.737. The number of nitriles is 4. The van der Waals surface area contributed by atoms with Gasteiger partial charge in [0.05, 0.1) is 91.0 Å². The minimum atomic E-state index is -0.0785. The monoisotopic (exact) mass is 1850 g/mol. The predicted octanol–water partition coefficient (Wildman–Crippen LogP) is 33.6. The third-order valence-corrected chi connectivity index (χ3v) is 28.6. The van der Waals surface area contributed by atoms with Crippen molar-refractivity contribution < 1.29 is 0 Å². The maximum absolute atomic E-state index is 9.44. The van der Waals surface area contributed by atoms with E-state index in [0.717, 1.165) is 107 Å². The fourth-order valence-electron chi connectivity index (χ4n) is 21.1. The van der Waals surface area contributed by atoms with Gasteiger partial charge < -0.3 is 19.6 Å². The first-order valence-electron chi connectivity index (χ1n) is 48.5. The maximum atomic E-state index is 9.44. The Labute approximate surface area is 842 Å². The highest BCUT2D eigenvalue weighted by atomic mass is 15.2. The molecule has 144 heavy (non-hydrogen) atoms. The molecule has 4 aromatic heterocycles. The molecule has 0 saturated heterocycles. The van der Waals surface area contributed by atoms with Crippen LogP contribution in [0.4, 0.5) is 68.2 Å². The number of anilines is 12. The third-order valence-electron chi connectivity index (χ3n) is 28.6. The van der Waals surface area contributed by atoms with Gasteiger partial charge in [-0.3, -0.25) is 15.0 Å². The van der Waals surface area contributed by atoms with Gasteiger partial charge in [0.25, 0.3) is 0 Å². The van der Waals surface area contributed by atoms with Crippen LogP contribution in [-0.4, -0.2) is 19.9 Å². The average molecular weight is 1850 g/mol. The molecular formula is C132H100N12. The molecule has 16 aromatic carbocycles. The van der Waals surface area contributed by atoms with E-state index in [-0.39, 0.29) is 21.7 Å². The van der Waals surface area contributed by atoms with E-state index in [1.54, 1.807) is 48.9 Å². The molecule has 0 aliphatic carbocycles. The quantitative estimate of drug-likeness (QED) is 0.114. The number of fused-ring (bicyclic) bond motifs is 8. The van der Waals surface area contributed by atoms with Gasteiger partial charge in [-0.25, -0.2) is 4.98 Å². The number of aromatic nitrogens is 4. The van der Waals surface area contributed by atoms with E-state index in [1.807, 2.05) is 36.4 Å². The van der Waals surface area contributed by atoms with Gasteiger partial charge in [-0.15, -0.1) is 0 Å². The van der Waals surface area contributed by atoms with Crippen molar-refractivity contribution in [2.75, 3.05) is 19.6 Å². The second kappa shape index (κ2) is 38.6. The van der Waals surface area contributed by atoms with Crippen LogP contribution >= 0.6 is 0 Å². The minimum absolute atomic E-state index is 0.0728. The van der Waals surface area contributed by atoms with Gasteiger partial charge in [-0.05, 0) is 235 Å². The van der Waals surface area contributed by atoms with Crippen LogP contribution in [0, 0.1) is 45.3 Å². The highest BCUT2D eigenvalue weighted by Gasteiger charge is 2.41. The molecule has 0 amide bonds. The molecule has 4 aliphatic rings. The van der Waals surface area contributed by atoms with Gasteiger partial charge in [0.2, 0.25) is 0 Å². The number of nitrogens with zero attached hydrogens (tertiary/aromatic N) is 12. The van der Waals surface area contributed by atoms with Crippen molar-refractivity contribution in [1.29, 1.82) is 21.0 Å². The summed E-state index contributed by atoms with van der Waals surface area (Å²) in [5.41, 5.74) is 43.0. The zero-order chi connectivity index (χ0) is 98.8. The van der Waals surface area contributed by atoms with Crippen LogP contribution in [0.1, 0.15) is 122 Å². The first-order chi connectivity index (χ1) is 70.2. The Kier molecular flexibility index (Phi) is 24.6. The van der Waals surface area contributed by atoms with Crippen molar-refractivity contribution in [2.45, 2.75) is 77.0 Å². The minimum Gasteiger partial charge on any atom is -0.310 e. The number of hydrogen-bond acceptors (Lipinski definition) is 12. The van der Waals surface area contributed by atoms with E-state index in [9.17, 15) is 10.5 Å². The van der Waals surface area contributed by atoms with Crippen LogP contribution in [-0.2, 0) is 21.7 Å². The van der Waals surface area contributed by atoms with Gasteiger partial charge in [-0.2, -0.15) is 21.0 Å². The first-order valence-corrected chi connectivity index (χ1v) is 48.5. The van der Waals surface area contributed by atoms with Gasteiger partial charge in [0.1, 0.15) is 23.9 Å². The molecule has 20 aromatic rings. The number of rotatable bonds is 12. The zero-order valence-corrected chi connectivity index (χ0v) is 81.2. The molecule has 688 valence electrons. The highest BCUT2D eigenvalue weighted by molar-refractivity contribution is 5.93. The van der Waals surface area contributed by atoms with Gasteiger partial charge in [0.15, 0.2) is 0 Å². The Morgan fingerprint density at radius 2 is 0.500 bits per heavy atom. The van der Waals surface area contributed by atoms with Crippen LogP contribution < -0.4 is 19.6 Å². The molecule has 12 heteroatoms.